The zero-order chi connectivity index (χ0) is 15.1. The molecule has 0 aliphatic heterocycles. The number of aryl methyl sites for hydroxylation is 1. The number of benzene rings is 1. The molecule has 0 spiro atoms. The third-order valence-electron chi connectivity index (χ3n) is 2.33. The Morgan fingerprint density at radius 3 is 2.11 bits per heavy atom. The van der Waals surface area contributed by atoms with Gasteiger partial charge in [-0.25, -0.2) is 0 Å². The Labute approximate surface area is 118 Å². The predicted molar refractivity (Wildman–Crippen MR) is 86.8 cm³/mol. The van der Waals surface area contributed by atoms with Crippen LogP contribution >= 0.6 is 0 Å². The van der Waals surface area contributed by atoms with Gasteiger partial charge in [0.15, 0.2) is 0 Å². The van der Waals surface area contributed by atoms with Gasteiger partial charge in [-0.15, -0.1) is 13.2 Å². The van der Waals surface area contributed by atoms with Crippen LogP contribution in [0.4, 0.5) is 5.69 Å². The summed E-state index contributed by atoms with van der Waals surface area (Å²) in [6, 6.07) is 8.43. The van der Waals surface area contributed by atoms with Crippen molar-refractivity contribution in [2.75, 3.05) is 11.9 Å². The molecule has 0 aromatic heterocycles. The monoisotopic (exact) mass is 263 g/mol. The van der Waals surface area contributed by atoms with Crippen molar-refractivity contribution in [2.24, 2.45) is 0 Å². The SMILES string of the molecule is C=C.CC.CCNc1ccc(CCCC(C)=O)cc1. The number of carbonyl (C=O) groups excluding carboxylic acids is 1. The number of hydrogen-bond acceptors (Lipinski definition) is 2. The summed E-state index contributed by atoms with van der Waals surface area (Å²) in [7, 11) is 0. The van der Waals surface area contributed by atoms with E-state index in [0.29, 0.717) is 6.42 Å². The van der Waals surface area contributed by atoms with Crippen LogP contribution < -0.4 is 5.32 Å². The second-order valence-corrected chi connectivity index (χ2v) is 3.78. The van der Waals surface area contributed by atoms with E-state index in [0.717, 1.165) is 25.1 Å². The third-order valence-corrected chi connectivity index (χ3v) is 2.33. The maximum absolute atomic E-state index is 10.8. The van der Waals surface area contributed by atoms with Crippen LogP contribution in [0.15, 0.2) is 37.4 Å². The number of ketones is 1. The number of carbonyl (C=O) groups is 1. The molecule has 0 atom stereocenters. The molecule has 0 saturated carbocycles. The summed E-state index contributed by atoms with van der Waals surface area (Å²) < 4.78 is 0. The lowest BCUT2D eigenvalue weighted by atomic mass is 10.1. The van der Waals surface area contributed by atoms with Crippen molar-refractivity contribution < 1.29 is 4.79 Å². The molecule has 0 heterocycles. The van der Waals surface area contributed by atoms with Crippen LogP contribution in [0, 0.1) is 0 Å². The minimum Gasteiger partial charge on any atom is -0.385 e. The highest BCUT2D eigenvalue weighted by Gasteiger charge is 1.96. The highest BCUT2D eigenvalue weighted by molar-refractivity contribution is 5.75. The highest BCUT2D eigenvalue weighted by atomic mass is 16.1. The first kappa shape index (κ1) is 19.8. The van der Waals surface area contributed by atoms with Crippen LogP contribution in [0.25, 0.3) is 0 Å². The van der Waals surface area contributed by atoms with E-state index in [9.17, 15) is 4.79 Å². The summed E-state index contributed by atoms with van der Waals surface area (Å²) >= 11 is 0. The Balaban J connectivity index is 0. The van der Waals surface area contributed by atoms with Crippen LogP contribution in [-0.2, 0) is 11.2 Å². The van der Waals surface area contributed by atoms with Crippen molar-refractivity contribution >= 4 is 11.5 Å². The fraction of sp³-hybridized carbons (Fsp3) is 0.471. The van der Waals surface area contributed by atoms with Crippen molar-refractivity contribution in [1.82, 2.24) is 0 Å². The first-order chi connectivity index (χ1) is 9.22. The molecule has 2 heteroatoms. The average Bonchev–Trinajstić information content (AvgIpc) is 2.45. The molecule has 0 aliphatic rings. The largest absolute Gasteiger partial charge is 0.385 e. The van der Waals surface area contributed by atoms with Crippen LogP contribution in [0.2, 0.25) is 0 Å². The lowest BCUT2D eigenvalue weighted by Crippen LogP contribution is -1.96. The molecular formula is C17H29NO. The van der Waals surface area contributed by atoms with Crippen LogP contribution in [-0.4, -0.2) is 12.3 Å². The second-order valence-electron chi connectivity index (χ2n) is 3.78. The van der Waals surface area contributed by atoms with Gasteiger partial charge >= 0.3 is 0 Å². The first-order valence-electron chi connectivity index (χ1n) is 7.04. The van der Waals surface area contributed by atoms with E-state index in [2.05, 4.69) is 49.7 Å². The molecular weight excluding hydrogens is 234 g/mol. The lowest BCUT2D eigenvalue weighted by molar-refractivity contribution is -0.117. The van der Waals surface area contributed by atoms with Gasteiger partial charge in [0, 0.05) is 18.7 Å². The lowest BCUT2D eigenvalue weighted by Gasteiger charge is -2.04. The Kier molecular flexibility index (Phi) is 15.1. The highest BCUT2D eigenvalue weighted by Crippen LogP contribution is 2.11. The number of Topliss-reactive ketones (excluding diaryl/α,β-unsaturated/α-hetero) is 1. The van der Waals surface area contributed by atoms with Crippen molar-refractivity contribution in [2.45, 2.75) is 47.0 Å². The summed E-state index contributed by atoms with van der Waals surface area (Å²) in [4.78, 5) is 10.8. The minimum absolute atomic E-state index is 0.277. The van der Waals surface area contributed by atoms with Gasteiger partial charge < -0.3 is 10.1 Å². The molecule has 0 bridgehead atoms. The van der Waals surface area contributed by atoms with Crippen LogP contribution in [0.1, 0.15) is 46.1 Å². The van der Waals surface area contributed by atoms with E-state index in [-0.39, 0.29) is 5.78 Å². The summed E-state index contributed by atoms with van der Waals surface area (Å²) in [5, 5.41) is 3.25. The molecule has 0 unspecified atom stereocenters. The Bertz CT molecular complexity index is 317. The van der Waals surface area contributed by atoms with Gasteiger partial charge in [-0.2, -0.15) is 0 Å². The molecule has 0 amide bonds. The van der Waals surface area contributed by atoms with Gasteiger partial charge in [-0.05, 0) is 44.4 Å². The van der Waals surface area contributed by atoms with Gasteiger partial charge in [-0.1, -0.05) is 26.0 Å². The number of nitrogens with one attached hydrogen (secondary N) is 1. The molecule has 0 saturated heterocycles. The quantitative estimate of drug-likeness (QED) is 0.743. The topological polar surface area (TPSA) is 29.1 Å². The predicted octanol–water partition coefficient (Wildman–Crippen LogP) is 4.86. The van der Waals surface area contributed by atoms with E-state index in [1.54, 1.807) is 6.92 Å². The van der Waals surface area contributed by atoms with Gasteiger partial charge in [-0.3, -0.25) is 0 Å². The summed E-state index contributed by atoms with van der Waals surface area (Å²) in [5.41, 5.74) is 2.46. The van der Waals surface area contributed by atoms with E-state index in [4.69, 9.17) is 0 Å². The van der Waals surface area contributed by atoms with Crippen LogP contribution in [0.3, 0.4) is 0 Å². The second kappa shape index (κ2) is 14.5. The van der Waals surface area contributed by atoms with E-state index >= 15 is 0 Å². The van der Waals surface area contributed by atoms with Crippen molar-refractivity contribution in [3.05, 3.63) is 43.0 Å². The van der Waals surface area contributed by atoms with Crippen LogP contribution in [0.5, 0.6) is 0 Å². The van der Waals surface area contributed by atoms with E-state index in [1.165, 1.54) is 5.56 Å². The maximum Gasteiger partial charge on any atom is 0.129 e. The Hall–Kier alpha value is -1.57. The molecule has 0 fully saturated rings. The maximum atomic E-state index is 10.8. The summed E-state index contributed by atoms with van der Waals surface area (Å²) in [6.07, 6.45) is 2.64. The third kappa shape index (κ3) is 11.3. The number of anilines is 1. The van der Waals surface area contributed by atoms with E-state index < -0.39 is 0 Å². The Morgan fingerprint density at radius 1 is 1.16 bits per heavy atom. The zero-order valence-corrected chi connectivity index (χ0v) is 13.0. The summed E-state index contributed by atoms with van der Waals surface area (Å²) in [5.74, 6) is 0.277. The van der Waals surface area contributed by atoms with Gasteiger partial charge in [0.2, 0.25) is 0 Å². The molecule has 108 valence electrons. The van der Waals surface area contributed by atoms with Crippen molar-refractivity contribution in [3.63, 3.8) is 0 Å². The van der Waals surface area contributed by atoms with Gasteiger partial charge in [0.25, 0.3) is 0 Å². The fourth-order valence-electron chi connectivity index (χ4n) is 1.53. The molecule has 1 aromatic carbocycles. The Morgan fingerprint density at radius 2 is 1.68 bits per heavy atom. The minimum atomic E-state index is 0.277. The number of rotatable bonds is 6. The van der Waals surface area contributed by atoms with Gasteiger partial charge in [0.1, 0.15) is 5.78 Å². The van der Waals surface area contributed by atoms with Gasteiger partial charge in [0.05, 0.1) is 0 Å². The zero-order valence-electron chi connectivity index (χ0n) is 13.0. The normalized spacial score (nSPS) is 8.42. The molecule has 1 N–H and O–H groups in total. The summed E-state index contributed by atoms with van der Waals surface area (Å²) in [6.45, 7) is 14.7. The number of hydrogen-bond donors (Lipinski definition) is 1. The van der Waals surface area contributed by atoms with Crippen molar-refractivity contribution in [3.8, 4) is 0 Å². The average molecular weight is 263 g/mol. The standard InChI is InChI=1S/C13H19NO.C2H6.C2H4/c1-3-14-13-9-7-12(8-10-13)6-4-5-11(2)15;2*1-2/h7-10,14H,3-6H2,1-2H3;1-2H3;1-2H2. The molecule has 0 radical (unpaired) electrons. The van der Waals surface area contributed by atoms with Crippen molar-refractivity contribution in [1.29, 1.82) is 0 Å². The fourth-order valence-corrected chi connectivity index (χ4v) is 1.53. The smallest absolute Gasteiger partial charge is 0.129 e. The molecule has 1 rings (SSSR count). The molecule has 0 aliphatic carbocycles. The molecule has 1 aromatic rings. The first-order valence-corrected chi connectivity index (χ1v) is 7.04. The molecule has 19 heavy (non-hydrogen) atoms. The van der Waals surface area contributed by atoms with E-state index in [1.807, 2.05) is 13.8 Å². The molecule has 2 nitrogen and oxygen atoms in total.